The van der Waals surface area contributed by atoms with Gasteiger partial charge in [0.1, 0.15) is 0 Å². The number of hydrogen-bond acceptors (Lipinski definition) is 4. The van der Waals surface area contributed by atoms with Crippen LogP contribution in [0.3, 0.4) is 0 Å². The Balaban J connectivity index is 1.99. The van der Waals surface area contributed by atoms with E-state index in [1.807, 2.05) is 18.2 Å². The van der Waals surface area contributed by atoms with Crippen molar-refractivity contribution in [1.82, 2.24) is 4.40 Å². The van der Waals surface area contributed by atoms with E-state index in [2.05, 4.69) is 4.18 Å². The molecule has 0 atom stereocenters. The number of nitrogens with zero attached hydrogens (tertiary/aromatic N) is 1. The second kappa shape index (κ2) is 5.60. The first-order valence-corrected chi connectivity index (χ1v) is 9.82. The van der Waals surface area contributed by atoms with Gasteiger partial charge in [0.2, 0.25) is 0 Å². The monoisotopic (exact) mass is 417 g/mol. The van der Waals surface area contributed by atoms with Gasteiger partial charge >= 0.3 is 15.6 Å². The van der Waals surface area contributed by atoms with E-state index < -0.39 is 26.9 Å². The molecule has 0 saturated heterocycles. The molecule has 0 amide bonds. The Morgan fingerprint density at radius 1 is 0.793 bits per heavy atom. The van der Waals surface area contributed by atoms with E-state index >= 15 is 0 Å². The molecule has 0 aliphatic carbocycles. The van der Waals surface area contributed by atoms with Crippen molar-refractivity contribution >= 4 is 48.1 Å². The Morgan fingerprint density at radius 3 is 2.10 bits per heavy atom. The van der Waals surface area contributed by atoms with Crippen molar-refractivity contribution in [2.75, 3.05) is 0 Å². The highest BCUT2D eigenvalue weighted by molar-refractivity contribution is 7.88. The van der Waals surface area contributed by atoms with E-state index in [1.165, 1.54) is 10.5 Å². The van der Waals surface area contributed by atoms with Gasteiger partial charge in [0.15, 0.2) is 5.75 Å². The molecule has 0 aliphatic heterocycles. The molecule has 3 aromatic carbocycles. The zero-order chi connectivity index (χ0) is 20.6. The average Bonchev–Trinajstić information content (AvgIpc) is 3.00. The first-order chi connectivity index (χ1) is 13.7. The van der Waals surface area contributed by atoms with Gasteiger partial charge in [-0.1, -0.05) is 48.5 Å². The number of aromatic nitrogens is 1. The second-order valence-corrected chi connectivity index (χ2v) is 8.06. The van der Waals surface area contributed by atoms with E-state index in [0.717, 1.165) is 16.8 Å². The van der Waals surface area contributed by atoms with Crippen molar-refractivity contribution in [3.63, 3.8) is 0 Å². The van der Waals surface area contributed by atoms with Gasteiger partial charge in [0.05, 0.1) is 16.4 Å². The maximum absolute atomic E-state index is 13.3. The van der Waals surface area contributed by atoms with Crippen LogP contribution < -0.4 is 9.74 Å². The summed E-state index contributed by atoms with van der Waals surface area (Å²) in [4.78, 5) is 13.3. The molecular formula is C20H10F3NO4S. The van der Waals surface area contributed by atoms with Gasteiger partial charge in [-0.2, -0.15) is 21.6 Å². The Labute approximate surface area is 161 Å². The number of para-hydroxylation sites is 2. The third-order valence-electron chi connectivity index (χ3n) is 4.91. The SMILES string of the molecule is O=c1c2c(OS(=O)(=O)C(F)(F)F)cccc2c2cccc3c4ccccc4n1c23. The van der Waals surface area contributed by atoms with Crippen LogP contribution in [0.2, 0.25) is 0 Å². The van der Waals surface area contributed by atoms with Crippen LogP contribution in [0.1, 0.15) is 0 Å². The summed E-state index contributed by atoms with van der Waals surface area (Å²) < 4.78 is 67.3. The Bertz CT molecular complexity index is 1600. The van der Waals surface area contributed by atoms with E-state index in [9.17, 15) is 26.4 Å². The lowest BCUT2D eigenvalue weighted by Gasteiger charge is -2.12. The smallest absolute Gasteiger partial charge is 0.375 e. The molecule has 0 saturated carbocycles. The van der Waals surface area contributed by atoms with E-state index in [0.29, 0.717) is 21.8 Å². The van der Waals surface area contributed by atoms with Gasteiger partial charge in [0, 0.05) is 21.5 Å². The largest absolute Gasteiger partial charge is 0.534 e. The Morgan fingerprint density at radius 2 is 1.38 bits per heavy atom. The van der Waals surface area contributed by atoms with Crippen LogP contribution in [0.25, 0.3) is 38.0 Å². The Kier molecular flexibility index (Phi) is 3.43. The van der Waals surface area contributed by atoms with Gasteiger partial charge in [-0.25, -0.2) is 0 Å². The molecule has 0 bridgehead atoms. The lowest BCUT2D eigenvalue weighted by Crippen LogP contribution is -2.28. The molecule has 5 aromatic rings. The zero-order valence-electron chi connectivity index (χ0n) is 14.4. The minimum Gasteiger partial charge on any atom is -0.375 e. The second-order valence-electron chi connectivity index (χ2n) is 6.52. The van der Waals surface area contributed by atoms with Gasteiger partial charge in [-0.15, -0.1) is 0 Å². The summed E-state index contributed by atoms with van der Waals surface area (Å²) in [5.41, 5.74) is -5.09. The zero-order valence-corrected chi connectivity index (χ0v) is 15.2. The van der Waals surface area contributed by atoms with Crippen LogP contribution in [0.4, 0.5) is 13.2 Å². The molecule has 2 aromatic heterocycles. The summed E-state index contributed by atoms with van der Waals surface area (Å²) in [6.07, 6.45) is 0. The molecule has 0 aliphatic rings. The fraction of sp³-hybridized carbons (Fsp3) is 0.0500. The van der Waals surface area contributed by atoms with Crippen molar-refractivity contribution in [3.05, 3.63) is 71.0 Å². The minimum atomic E-state index is -5.93. The maximum Gasteiger partial charge on any atom is 0.534 e. The van der Waals surface area contributed by atoms with Crippen LogP contribution in [0.5, 0.6) is 5.75 Å². The number of fused-ring (bicyclic) bond motifs is 5. The predicted molar refractivity (Wildman–Crippen MR) is 103 cm³/mol. The van der Waals surface area contributed by atoms with Crippen molar-refractivity contribution in [2.24, 2.45) is 0 Å². The molecule has 29 heavy (non-hydrogen) atoms. The Hall–Kier alpha value is -3.33. The summed E-state index contributed by atoms with van der Waals surface area (Å²) in [5, 5.41) is 2.29. The van der Waals surface area contributed by atoms with E-state index in [-0.39, 0.29) is 5.39 Å². The van der Waals surface area contributed by atoms with Crippen molar-refractivity contribution in [3.8, 4) is 5.75 Å². The van der Waals surface area contributed by atoms with Crippen molar-refractivity contribution in [1.29, 1.82) is 0 Å². The summed E-state index contributed by atoms with van der Waals surface area (Å²) >= 11 is 0. The van der Waals surface area contributed by atoms with Gasteiger partial charge in [-0.3, -0.25) is 9.20 Å². The number of hydrogen-bond donors (Lipinski definition) is 0. The highest BCUT2D eigenvalue weighted by Gasteiger charge is 2.48. The highest BCUT2D eigenvalue weighted by Crippen LogP contribution is 2.37. The molecule has 0 radical (unpaired) electrons. The number of benzene rings is 3. The van der Waals surface area contributed by atoms with Crippen molar-refractivity contribution < 1.29 is 25.8 Å². The highest BCUT2D eigenvalue weighted by atomic mass is 32.2. The summed E-state index contributed by atoms with van der Waals surface area (Å²) in [5.74, 6) is -0.662. The normalized spacial score (nSPS) is 13.1. The quantitative estimate of drug-likeness (QED) is 0.242. The molecule has 0 spiro atoms. The lowest BCUT2D eigenvalue weighted by molar-refractivity contribution is -0.0499. The molecule has 146 valence electrons. The maximum atomic E-state index is 13.3. The van der Waals surface area contributed by atoms with Crippen LogP contribution in [0, 0.1) is 0 Å². The topological polar surface area (TPSA) is 64.9 Å². The van der Waals surface area contributed by atoms with E-state index in [1.54, 1.807) is 30.3 Å². The van der Waals surface area contributed by atoms with Gasteiger partial charge < -0.3 is 4.18 Å². The fourth-order valence-corrected chi connectivity index (χ4v) is 4.24. The average molecular weight is 417 g/mol. The first-order valence-electron chi connectivity index (χ1n) is 8.42. The molecule has 0 N–H and O–H groups in total. The molecule has 5 nitrogen and oxygen atoms in total. The predicted octanol–water partition coefficient (Wildman–Crippen LogP) is 4.43. The number of alkyl halides is 3. The molecule has 0 fully saturated rings. The third-order valence-corrected chi connectivity index (χ3v) is 5.88. The number of rotatable bonds is 2. The molecular weight excluding hydrogens is 407 g/mol. The number of pyridine rings is 1. The molecule has 0 unspecified atom stereocenters. The third kappa shape index (κ3) is 2.34. The molecule has 2 heterocycles. The first kappa shape index (κ1) is 17.7. The summed E-state index contributed by atoms with van der Waals surface area (Å²) in [7, 11) is -5.93. The van der Waals surface area contributed by atoms with Crippen LogP contribution in [-0.4, -0.2) is 18.3 Å². The standard InChI is InChI=1S/C20H10F3NO4S/c21-20(22,23)29(26,27)28-16-10-4-6-12-14-8-3-7-13-11-5-1-2-9-15(11)24(18(13)14)19(25)17(12)16/h1-10H. The minimum absolute atomic E-state index is 0.235. The number of halogens is 3. The van der Waals surface area contributed by atoms with Crippen LogP contribution in [-0.2, 0) is 10.1 Å². The van der Waals surface area contributed by atoms with Gasteiger partial charge in [0.25, 0.3) is 5.56 Å². The van der Waals surface area contributed by atoms with Crippen molar-refractivity contribution in [2.45, 2.75) is 5.51 Å². The summed E-state index contributed by atoms with van der Waals surface area (Å²) in [6.45, 7) is 0. The van der Waals surface area contributed by atoms with E-state index in [4.69, 9.17) is 0 Å². The summed E-state index contributed by atoms with van der Waals surface area (Å²) in [6, 6.07) is 16.4. The van der Waals surface area contributed by atoms with Crippen LogP contribution >= 0.6 is 0 Å². The van der Waals surface area contributed by atoms with Gasteiger partial charge in [-0.05, 0) is 12.1 Å². The van der Waals surface area contributed by atoms with Crippen LogP contribution in [0.15, 0.2) is 65.5 Å². The lowest BCUT2D eigenvalue weighted by atomic mass is 10.0. The molecule has 5 rings (SSSR count). The molecule has 9 heteroatoms. The fourth-order valence-electron chi connectivity index (χ4n) is 3.77.